The molecule has 2 amide bonds. The average molecular weight is 723 g/mol. The molecule has 1 unspecified atom stereocenters. The Morgan fingerprint density at radius 2 is 1.48 bits per heavy atom. The molecule has 0 saturated carbocycles. The number of carbonyl (C=O) groups excluding carboxylic acids is 2. The second-order valence-corrected chi connectivity index (χ2v) is 15.2. The van der Waals surface area contributed by atoms with Crippen LogP contribution in [0.1, 0.15) is 30.5 Å². The quantitative estimate of drug-likeness (QED) is 0.141. The fraction of sp³-hybridized carbons (Fsp3) is 0.278. The molecular formula is C36H40BrN3O4S2. The molecule has 0 heterocycles. The Hall–Kier alpha value is -3.60. The SMILES string of the molecule is CSc1ccc(S(=O)(=O)N(CC(=O)N(Cc2ccc(Br)cc2)C(Cc2ccccc2)C(=O)NCC(C)C)c2ccc(C)cc2)cc1. The van der Waals surface area contributed by atoms with Crippen molar-refractivity contribution in [2.45, 2.75) is 49.6 Å². The number of halogens is 1. The summed E-state index contributed by atoms with van der Waals surface area (Å²) in [4.78, 5) is 30.9. The van der Waals surface area contributed by atoms with Crippen molar-refractivity contribution < 1.29 is 18.0 Å². The number of aryl methyl sites for hydroxylation is 1. The lowest BCUT2D eigenvalue weighted by atomic mass is 10.0. The third-order valence-corrected chi connectivity index (χ3v) is 10.5. The Morgan fingerprint density at radius 3 is 2.07 bits per heavy atom. The zero-order valence-electron chi connectivity index (χ0n) is 26.5. The Labute approximate surface area is 285 Å². The van der Waals surface area contributed by atoms with E-state index in [1.54, 1.807) is 36.4 Å². The summed E-state index contributed by atoms with van der Waals surface area (Å²) in [5.74, 6) is -0.578. The first-order valence-corrected chi connectivity index (χ1v) is 18.5. The van der Waals surface area contributed by atoms with Gasteiger partial charge in [0.1, 0.15) is 12.6 Å². The van der Waals surface area contributed by atoms with Crippen LogP contribution in [0.4, 0.5) is 5.69 Å². The molecule has 0 spiro atoms. The maximum atomic E-state index is 14.5. The molecule has 0 aliphatic carbocycles. The van der Waals surface area contributed by atoms with Crippen molar-refractivity contribution in [2.24, 2.45) is 5.92 Å². The number of anilines is 1. The highest BCUT2D eigenvalue weighted by Gasteiger charge is 2.34. The van der Waals surface area contributed by atoms with E-state index in [-0.39, 0.29) is 29.7 Å². The molecule has 10 heteroatoms. The molecule has 1 atom stereocenters. The summed E-state index contributed by atoms with van der Waals surface area (Å²) >= 11 is 4.98. The predicted molar refractivity (Wildman–Crippen MR) is 190 cm³/mol. The van der Waals surface area contributed by atoms with Gasteiger partial charge in [0, 0.05) is 28.9 Å². The van der Waals surface area contributed by atoms with Crippen LogP contribution in [-0.4, -0.2) is 50.5 Å². The van der Waals surface area contributed by atoms with Crippen molar-refractivity contribution in [3.63, 3.8) is 0 Å². The minimum absolute atomic E-state index is 0.0775. The number of hydrogen-bond acceptors (Lipinski definition) is 5. The van der Waals surface area contributed by atoms with E-state index in [9.17, 15) is 18.0 Å². The van der Waals surface area contributed by atoms with E-state index in [4.69, 9.17) is 0 Å². The number of amides is 2. The van der Waals surface area contributed by atoms with E-state index in [1.807, 2.05) is 93.8 Å². The van der Waals surface area contributed by atoms with Crippen LogP contribution in [0, 0.1) is 12.8 Å². The fourth-order valence-electron chi connectivity index (χ4n) is 4.88. The monoisotopic (exact) mass is 721 g/mol. The topological polar surface area (TPSA) is 86.8 Å². The maximum absolute atomic E-state index is 14.5. The maximum Gasteiger partial charge on any atom is 0.264 e. The second-order valence-electron chi connectivity index (χ2n) is 11.5. The highest BCUT2D eigenvalue weighted by Crippen LogP contribution is 2.27. The summed E-state index contributed by atoms with van der Waals surface area (Å²) in [5, 5.41) is 3.02. The summed E-state index contributed by atoms with van der Waals surface area (Å²) in [6.45, 7) is 6.00. The van der Waals surface area contributed by atoms with Gasteiger partial charge < -0.3 is 10.2 Å². The molecule has 242 valence electrons. The van der Waals surface area contributed by atoms with Crippen LogP contribution in [0.25, 0.3) is 0 Å². The number of benzene rings is 4. The zero-order chi connectivity index (χ0) is 33.3. The lowest BCUT2D eigenvalue weighted by Crippen LogP contribution is -2.53. The smallest absolute Gasteiger partial charge is 0.264 e. The third-order valence-electron chi connectivity index (χ3n) is 7.47. The summed E-state index contributed by atoms with van der Waals surface area (Å²) in [5.41, 5.74) is 3.01. The van der Waals surface area contributed by atoms with Crippen LogP contribution in [0.3, 0.4) is 0 Å². The molecule has 0 bridgehead atoms. The van der Waals surface area contributed by atoms with Gasteiger partial charge in [-0.25, -0.2) is 8.42 Å². The number of nitrogens with one attached hydrogen (secondary N) is 1. The molecule has 1 N–H and O–H groups in total. The summed E-state index contributed by atoms with van der Waals surface area (Å²) < 4.78 is 30.4. The lowest BCUT2D eigenvalue weighted by molar-refractivity contribution is -0.140. The van der Waals surface area contributed by atoms with Crippen molar-refractivity contribution in [3.05, 3.63) is 124 Å². The molecule has 0 fully saturated rings. The number of sulfonamides is 1. The molecule has 7 nitrogen and oxygen atoms in total. The Morgan fingerprint density at radius 1 is 0.848 bits per heavy atom. The van der Waals surface area contributed by atoms with Gasteiger partial charge in [-0.1, -0.05) is 89.9 Å². The van der Waals surface area contributed by atoms with Crippen molar-refractivity contribution in [3.8, 4) is 0 Å². The van der Waals surface area contributed by atoms with E-state index in [0.717, 1.165) is 30.4 Å². The van der Waals surface area contributed by atoms with Gasteiger partial charge in [0.15, 0.2) is 0 Å². The lowest BCUT2D eigenvalue weighted by Gasteiger charge is -2.34. The van der Waals surface area contributed by atoms with Crippen LogP contribution in [0.5, 0.6) is 0 Å². The second kappa shape index (κ2) is 16.3. The van der Waals surface area contributed by atoms with Crippen LogP contribution in [0.15, 0.2) is 117 Å². The van der Waals surface area contributed by atoms with Gasteiger partial charge in [0.05, 0.1) is 10.6 Å². The van der Waals surface area contributed by atoms with Crippen LogP contribution < -0.4 is 9.62 Å². The van der Waals surface area contributed by atoms with Crippen LogP contribution >= 0.6 is 27.7 Å². The van der Waals surface area contributed by atoms with E-state index >= 15 is 0 Å². The fourth-order valence-corrected chi connectivity index (χ4v) is 6.96. The van der Waals surface area contributed by atoms with Crippen molar-refractivity contribution in [2.75, 3.05) is 23.7 Å². The van der Waals surface area contributed by atoms with Crippen LogP contribution in [0.2, 0.25) is 0 Å². The van der Waals surface area contributed by atoms with E-state index in [0.29, 0.717) is 12.2 Å². The highest BCUT2D eigenvalue weighted by molar-refractivity contribution is 9.10. The predicted octanol–water partition coefficient (Wildman–Crippen LogP) is 7.09. The molecule has 4 aromatic carbocycles. The first kappa shape index (κ1) is 35.3. The Bertz CT molecular complexity index is 1700. The normalized spacial score (nSPS) is 12.0. The molecule has 0 aliphatic rings. The van der Waals surface area contributed by atoms with E-state index < -0.39 is 28.5 Å². The minimum atomic E-state index is -4.16. The molecule has 4 aromatic rings. The van der Waals surface area contributed by atoms with Crippen LogP contribution in [-0.2, 0) is 32.6 Å². The van der Waals surface area contributed by atoms with E-state index in [2.05, 4.69) is 21.2 Å². The van der Waals surface area contributed by atoms with Gasteiger partial charge in [-0.05, 0) is 78.8 Å². The molecule has 0 saturated heterocycles. The molecule has 0 aromatic heterocycles. The number of nitrogens with zero attached hydrogens (tertiary/aromatic N) is 2. The average Bonchev–Trinajstić information content (AvgIpc) is 3.05. The van der Waals surface area contributed by atoms with Gasteiger partial charge in [-0.3, -0.25) is 13.9 Å². The van der Waals surface area contributed by atoms with Crippen molar-refractivity contribution in [1.29, 1.82) is 0 Å². The first-order chi connectivity index (χ1) is 22.0. The number of thioether (sulfide) groups is 1. The summed E-state index contributed by atoms with van der Waals surface area (Å²) in [7, 11) is -4.16. The van der Waals surface area contributed by atoms with Crippen molar-refractivity contribution in [1.82, 2.24) is 10.2 Å². The van der Waals surface area contributed by atoms with Crippen molar-refractivity contribution >= 4 is 55.2 Å². The van der Waals surface area contributed by atoms with Gasteiger partial charge >= 0.3 is 0 Å². The molecule has 46 heavy (non-hydrogen) atoms. The first-order valence-electron chi connectivity index (χ1n) is 15.1. The zero-order valence-corrected chi connectivity index (χ0v) is 29.7. The Kier molecular flexibility index (Phi) is 12.5. The number of rotatable bonds is 14. The van der Waals surface area contributed by atoms with Gasteiger partial charge in [0.25, 0.3) is 10.0 Å². The number of hydrogen-bond donors (Lipinski definition) is 1. The summed E-state index contributed by atoms with van der Waals surface area (Å²) in [6.07, 6.45) is 2.18. The summed E-state index contributed by atoms with van der Waals surface area (Å²) in [6, 6.07) is 29.8. The van der Waals surface area contributed by atoms with E-state index in [1.165, 1.54) is 16.7 Å². The van der Waals surface area contributed by atoms with Gasteiger partial charge in [-0.2, -0.15) is 0 Å². The third kappa shape index (κ3) is 9.47. The standard InChI is InChI=1S/C36H40BrN3O4S2/c1-26(2)23-38-36(42)34(22-28-8-6-5-7-9-28)39(24-29-12-14-30(37)15-13-29)35(41)25-40(31-16-10-27(3)11-17-31)46(43,44)33-20-18-32(45-4)19-21-33/h5-21,26,34H,22-25H2,1-4H3,(H,38,42). The molecule has 0 radical (unpaired) electrons. The minimum Gasteiger partial charge on any atom is -0.354 e. The molecule has 4 rings (SSSR count). The molecule has 0 aliphatic heterocycles. The van der Waals surface area contributed by atoms with Gasteiger partial charge in [-0.15, -0.1) is 11.8 Å². The molecular weight excluding hydrogens is 682 g/mol. The number of carbonyl (C=O) groups is 2. The largest absolute Gasteiger partial charge is 0.354 e. The Balaban J connectivity index is 1.79. The highest BCUT2D eigenvalue weighted by atomic mass is 79.9. The van der Waals surface area contributed by atoms with Gasteiger partial charge in [0.2, 0.25) is 11.8 Å².